The number of amides is 2. The van der Waals surface area contributed by atoms with Crippen molar-refractivity contribution in [3.05, 3.63) is 77.0 Å². The number of urea groups is 1. The molecule has 9 heteroatoms. The van der Waals surface area contributed by atoms with Crippen LogP contribution in [0.15, 0.2) is 65.9 Å². The molecule has 2 N–H and O–H groups in total. The van der Waals surface area contributed by atoms with Crippen LogP contribution in [0.2, 0.25) is 0 Å². The van der Waals surface area contributed by atoms with Crippen LogP contribution < -0.4 is 15.4 Å². The van der Waals surface area contributed by atoms with Crippen LogP contribution in [0.1, 0.15) is 42.2 Å². The van der Waals surface area contributed by atoms with Crippen molar-refractivity contribution in [3.63, 3.8) is 0 Å². The van der Waals surface area contributed by atoms with Crippen LogP contribution in [-0.4, -0.2) is 43.6 Å². The van der Waals surface area contributed by atoms with E-state index in [0.717, 1.165) is 0 Å². The van der Waals surface area contributed by atoms with Crippen LogP contribution in [0.3, 0.4) is 0 Å². The molecule has 0 aromatic heterocycles. The molecule has 2 aromatic rings. The lowest BCUT2D eigenvalue weighted by Crippen LogP contribution is -2.47. The van der Waals surface area contributed by atoms with Crippen molar-refractivity contribution < 1.29 is 33.4 Å². The number of rotatable bonds is 10. The highest BCUT2D eigenvalue weighted by Crippen LogP contribution is 2.27. The Labute approximate surface area is 197 Å². The topological polar surface area (TPSA) is 120 Å². The van der Waals surface area contributed by atoms with Crippen LogP contribution >= 0.6 is 0 Å². The van der Waals surface area contributed by atoms with Crippen LogP contribution in [-0.2, 0) is 19.1 Å². The Morgan fingerprint density at radius 3 is 2.32 bits per heavy atom. The van der Waals surface area contributed by atoms with Crippen LogP contribution in [0.5, 0.6) is 5.75 Å². The number of Topliss-reactive ketones (excluding diaryl/α,β-unsaturated/α-hetero) is 1. The third kappa shape index (κ3) is 6.44. The highest BCUT2D eigenvalue weighted by molar-refractivity contribution is 5.95. The lowest BCUT2D eigenvalue weighted by atomic mass is 9.95. The molecule has 9 nitrogen and oxygen atoms in total. The fourth-order valence-electron chi connectivity index (χ4n) is 3.34. The first-order chi connectivity index (χ1) is 16.4. The van der Waals surface area contributed by atoms with E-state index >= 15 is 0 Å². The normalized spacial score (nSPS) is 15.1. The number of hydrogen-bond donors (Lipinski definition) is 2. The third-order valence-electron chi connectivity index (χ3n) is 5.00. The summed E-state index contributed by atoms with van der Waals surface area (Å²) in [6.45, 7) is 3.05. The van der Waals surface area contributed by atoms with Crippen molar-refractivity contribution >= 4 is 23.8 Å². The van der Waals surface area contributed by atoms with Gasteiger partial charge in [-0.3, -0.25) is 9.59 Å². The second-order valence-corrected chi connectivity index (χ2v) is 7.39. The number of carbonyl (C=O) groups excluding carboxylic acids is 4. The summed E-state index contributed by atoms with van der Waals surface area (Å²) < 4.78 is 16.0. The number of benzene rings is 2. The number of hydrogen-bond acceptors (Lipinski definition) is 7. The molecule has 3 rings (SSSR count). The average Bonchev–Trinajstić information content (AvgIpc) is 2.83. The maximum Gasteiger partial charge on any atom is 0.338 e. The first kappa shape index (κ1) is 24.5. The molecule has 0 saturated heterocycles. The smallest absolute Gasteiger partial charge is 0.338 e. The van der Waals surface area contributed by atoms with Gasteiger partial charge in [0.05, 0.1) is 36.9 Å². The second kappa shape index (κ2) is 11.6. The van der Waals surface area contributed by atoms with Crippen LogP contribution in [0.4, 0.5) is 4.79 Å². The summed E-state index contributed by atoms with van der Waals surface area (Å²) in [7, 11) is 0. The highest BCUT2D eigenvalue weighted by Gasteiger charge is 2.34. The molecule has 0 radical (unpaired) electrons. The Balaban J connectivity index is 1.64. The van der Waals surface area contributed by atoms with Crippen molar-refractivity contribution in [2.75, 3.05) is 19.8 Å². The number of ether oxygens (including phenoxy) is 3. The zero-order chi connectivity index (χ0) is 24.5. The largest absolute Gasteiger partial charge is 0.493 e. The molecule has 178 valence electrons. The van der Waals surface area contributed by atoms with E-state index < -0.39 is 24.0 Å². The standard InChI is InChI=1S/C25H26N2O7/c1-3-32-24(30)22-20(26-25(31)27-23(22)18-7-5-4-6-8-18)15-34-21(29)13-14-33-19-11-9-17(10-12-19)16(2)28/h4-12,23H,3,13-15H2,1-2H3,(H2,26,27,31). The van der Waals surface area contributed by atoms with Gasteiger partial charge in [-0.1, -0.05) is 30.3 Å². The molecule has 34 heavy (non-hydrogen) atoms. The molecule has 1 heterocycles. The molecule has 1 unspecified atom stereocenters. The Kier molecular flexibility index (Phi) is 8.39. The van der Waals surface area contributed by atoms with E-state index in [1.807, 2.05) is 6.07 Å². The average molecular weight is 466 g/mol. The van der Waals surface area contributed by atoms with Gasteiger partial charge in [0.25, 0.3) is 0 Å². The summed E-state index contributed by atoms with van der Waals surface area (Å²) in [5.74, 6) is -0.722. The molecule has 0 fully saturated rings. The minimum Gasteiger partial charge on any atom is -0.493 e. The lowest BCUT2D eigenvalue weighted by Gasteiger charge is -2.29. The van der Waals surface area contributed by atoms with Gasteiger partial charge in [-0.05, 0) is 43.7 Å². The fourth-order valence-corrected chi connectivity index (χ4v) is 3.34. The molecular formula is C25H26N2O7. The van der Waals surface area contributed by atoms with E-state index in [1.165, 1.54) is 6.92 Å². The Hall–Kier alpha value is -4.14. The summed E-state index contributed by atoms with van der Waals surface area (Å²) in [6.07, 6.45) is -0.0508. The number of carbonyl (C=O) groups is 4. The first-order valence-corrected chi connectivity index (χ1v) is 10.8. The van der Waals surface area contributed by atoms with Gasteiger partial charge >= 0.3 is 18.0 Å². The third-order valence-corrected chi connectivity index (χ3v) is 5.00. The van der Waals surface area contributed by atoms with Gasteiger partial charge in [-0.15, -0.1) is 0 Å². The van der Waals surface area contributed by atoms with Crippen molar-refractivity contribution in [1.82, 2.24) is 10.6 Å². The van der Waals surface area contributed by atoms with Crippen LogP contribution in [0.25, 0.3) is 0 Å². The predicted octanol–water partition coefficient (Wildman–Crippen LogP) is 3.07. The van der Waals surface area contributed by atoms with Crippen LogP contribution in [0, 0.1) is 0 Å². The predicted molar refractivity (Wildman–Crippen MR) is 122 cm³/mol. The Morgan fingerprint density at radius 2 is 1.68 bits per heavy atom. The maximum atomic E-state index is 12.7. The van der Waals surface area contributed by atoms with E-state index in [2.05, 4.69) is 10.6 Å². The number of esters is 2. The quantitative estimate of drug-likeness (QED) is 0.408. The number of ketones is 1. The molecule has 0 bridgehead atoms. The van der Waals surface area contributed by atoms with Crippen molar-refractivity contribution in [3.8, 4) is 5.75 Å². The number of nitrogens with one attached hydrogen (secondary N) is 2. The molecule has 1 aliphatic rings. The zero-order valence-electron chi connectivity index (χ0n) is 19.0. The summed E-state index contributed by atoms with van der Waals surface area (Å²) in [5.41, 5.74) is 1.58. The summed E-state index contributed by atoms with van der Waals surface area (Å²) in [5, 5.41) is 5.26. The maximum absolute atomic E-state index is 12.7. The highest BCUT2D eigenvalue weighted by atomic mass is 16.5. The molecule has 0 saturated carbocycles. The van der Waals surface area contributed by atoms with E-state index in [4.69, 9.17) is 14.2 Å². The minimum atomic E-state index is -0.746. The van der Waals surface area contributed by atoms with Gasteiger partial charge in [-0.25, -0.2) is 9.59 Å². The van der Waals surface area contributed by atoms with Gasteiger partial charge < -0.3 is 24.8 Å². The van der Waals surface area contributed by atoms with E-state index in [9.17, 15) is 19.2 Å². The van der Waals surface area contributed by atoms with Gasteiger partial charge in [0, 0.05) is 5.56 Å². The van der Waals surface area contributed by atoms with Crippen molar-refractivity contribution in [2.24, 2.45) is 0 Å². The SMILES string of the molecule is CCOC(=O)C1=C(COC(=O)CCOc2ccc(C(C)=O)cc2)NC(=O)NC1c1ccccc1. The minimum absolute atomic E-state index is 0.0499. The lowest BCUT2D eigenvalue weighted by molar-refractivity contribution is -0.144. The zero-order valence-corrected chi connectivity index (χ0v) is 19.0. The van der Waals surface area contributed by atoms with E-state index in [-0.39, 0.29) is 43.3 Å². The summed E-state index contributed by atoms with van der Waals surface area (Å²) in [4.78, 5) is 48.5. The molecule has 0 spiro atoms. The monoisotopic (exact) mass is 466 g/mol. The molecule has 2 aromatic carbocycles. The van der Waals surface area contributed by atoms with Crippen molar-refractivity contribution in [1.29, 1.82) is 0 Å². The molecule has 1 aliphatic heterocycles. The molecule has 1 atom stereocenters. The molecular weight excluding hydrogens is 440 g/mol. The van der Waals surface area contributed by atoms with Gasteiger partial charge in [0.15, 0.2) is 5.78 Å². The van der Waals surface area contributed by atoms with Crippen molar-refractivity contribution in [2.45, 2.75) is 26.3 Å². The fraction of sp³-hybridized carbons (Fsp3) is 0.280. The van der Waals surface area contributed by atoms with E-state index in [0.29, 0.717) is 16.9 Å². The summed E-state index contributed by atoms with van der Waals surface area (Å²) in [6, 6.07) is 14.3. The Bertz CT molecular complexity index is 1080. The van der Waals surface area contributed by atoms with Gasteiger partial charge in [-0.2, -0.15) is 0 Å². The Morgan fingerprint density at radius 1 is 0.971 bits per heavy atom. The van der Waals surface area contributed by atoms with Gasteiger partial charge in [0.1, 0.15) is 12.4 Å². The first-order valence-electron chi connectivity index (χ1n) is 10.8. The van der Waals surface area contributed by atoms with E-state index in [1.54, 1.807) is 55.5 Å². The summed E-state index contributed by atoms with van der Waals surface area (Å²) >= 11 is 0. The van der Waals surface area contributed by atoms with Gasteiger partial charge in [0.2, 0.25) is 0 Å². The molecule has 0 aliphatic carbocycles. The molecule has 2 amide bonds. The second-order valence-electron chi connectivity index (χ2n) is 7.39.